The Balaban J connectivity index is 1.50. The van der Waals surface area contributed by atoms with E-state index in [-0.39, 0.29) is 30.2 Å². The monoisotopic (exact) mass is 463 g/mol. The van der Waals surface area contributed by atoms with Crippen LogP contribution in [0.5, 0.6) is 5.75 Å². The molecule has 2 aliphatic rings. The number of nitrogens with zero attached hydrogens (tertiary/aromatic N) is 3. The number of imide groups is 1. The predicted molar refractivity (Wildman–Crippen MR) is 126 cm³/mol. The minimum atomic E-state index is -0.464. The zero-order valence-corrected chi connectivity index (χ0v) is 20.0. The molecule has 8 heteroatoms. The molecule has 4 rings (SSSR count). The Morgan fingerprint density at radius 2 is 1.44 bits per heavy atom. The third-order valence-corrected chi connectivity index (χ3v) is 6.21. The molecule has 1 saturated heterocycles. The third kappa shape index (κ3) is 4.27. The van der Waals surface area contributed by atoms with Crippen LogP contribution >= 0.6 is 0 Å². The summed E-state index contributed by atoms with van der Waals surface area (Å²) in [5, 5.41) is 0. The number of piperazine rings is 1. The van der Waals surface area contributed by atoms with Crippen molar-refractivity contribution < 1.29 is 23.9 Å². The number of benzene rings is 2. The van der Waals surface area contributed by atoms with Crippen LogP contribution in [0.15, 0.2) is 42.5 Å². The van der Waals surface area contributed by atoms with E-state index in [1.54, 1.807) is 52.3 Å². The number of rotatable bonds is 4. The molecule has 0 aliphatic carbocycles. The first-order valence-electron chi connectivity index (χ1n) is 11.3. The maximum Gasteiger partial charge on any atom is 0.261 e. The van der Waals surface area contributed by atoms with E-state index in [1.165, 1.54) is 12.0 Å². The smallest absolute Gasteiger partial charge is 0.261 e. The van der Waals surface area contributed by atoms with Gasteiger partial charge < -0.3 is 14.5 Å². The van der Waals surface area contributed by atoms with Gasteiger partial charge in [-0.25, -0.2) is 0 Å². The molecule has 0 spiro atoms. The molecule has 0 aromatic heterocycles. The van der Waals surface area contributed by atoms with Gasteiger partial charge in [0, 0.05) is 31.6 Å². The Labute approximate surface area is 199 Å². The zero-order chi connectivity index (χ0) is 24.6. The van der Waals surface area contributed by atoms with Crippen molar-refractivity contribution in [3.8, 4) is 5.75 Å². The number of hydrogen-bond acceptors (Lipinski definition) is 5. The molecular weight excluding hydrogens is 434 g/mol. The van der Waals surface area contributed by atoms with Crippen molar-refractivity contribution in [2.45, 2.75) is 27.3 Å². The highest BCUT2D eigenvalue weighted by Crippen LogP contribution is 2.27. The van der Waals surface area contributed by atoms with E-state index in [9.17, 15) is 19.2 Å². The van der Waals surface area contributed by atoms with E-state index >= 15 is 0 Å². The van der Waals surface area contributed by atoms with Crippen molar-refractivity contribution in [2.24, 2.45) is 5.41 Å². The average molecular weight is 464 g/mol. The van der Waals surface area contributed by atoms with Crippen LogP contribution in [0.4, 0.5) is 0 Å². The molecule has 178 valence electrons. The maximum atomic E-state index is 13.3. The van der Waals surface area contributed by atoms with Crippen LogP contribution in [0.2, 0.25) is 0 Å². The van der Waals surface area contributed by atoms with Crippen LogP contribution in [-0.2, 0) is 11.3 Å². The number of amides is 4. The van der Waals surface area contributed by atoms with Gasteiger partial charge in [-0.15, -0.1) is 0 Å². The summed E-state index contributed by atoms with van der Waals surface area (Å²) in [7, 11) is 1.50. The molecule has 2 aliphatic heterocycles. The molecular formula is C26H29N3O5. The minimum Gasteiger partial charge on any atom is -0.496 e. The molecule has 0 unspecified atom stereocenters. The summed E-state index contributed by atoms with van der Waals surface area (Å²) in [6.45, 7) is 7.51. The van der Waals surface area contributed by atoms with Crippen molar-refractivity contribution in [1.29, 1.82) is 0 Å². The lowest BCUT2D eigenvalue weighted by atomic mass is 9.94. The summed E-state index contributed by atoms with van der Waals surface area (Å²) >= 11 is 0. The van der Waals surface area contributed by atoms with Gasteiger partial charge in [-0.2, -0.15) is 0 Å². The van der Waals surface area contributed by atoms with E-state index in [0.717, 1.165) is 0 Å². The van der Waals surface area contributed by atoms with Crippen molar-refractivity contribution in [2.75, 3.05) is 33.3 Å². The summed E-state index contributed by atoms with van der Waals surface area (Å²) in [5.74, 6) is -0.402. The van der Waals surface area contributed by atoms with Gasteiger partial charge in [0.25, 0.3) is 17.7 Å². The Kier molecular flexibility index (Phi) is 6.17. The van der Waals surface area contributed by atoms with E-state index in [1.807, 2.05) is 20.8 Å². The Hall–Kier alpha value is -3.68. The predicted octanol–water partition coefficient (Wildman–Crippen LogP) is 2.82. The Bertz CT molecular complexity index is 1120. The van der Waals surface area contributed by atoms with Crippen LogP contribution in [0.1, 0.15) is 57.4 Å². The highest BCUT2D eigenvalue weighted by Gasteiger charge is 2.35. The van der Waals surface area contributed by atoms with E-state index in [4.69, 9.17) is 4.74 Å². The van der Waals surface area contributed by atoms with Crippen molar-refractivity contribution >= 4 is 23.6 Å². The Morgan fingerprint density at radius 1 is 0.882 bits per heavy atom. The number of methoxy groups -OCH3 is 1. The molecule has 2 aromatic rings. The lowest BCUT2D eigenvalue weighted by Crippen LogP contribution is -2.53. The van der Waals surface area contributed by atoms with Gasteiger partial charge in [0.1, 0.15) is 5.75 Å². The minimum absolute atomic E-state index is 0.0600. The first-order chi connectivity index (χ1) is 16.1. The molecule has 0 N–H and O–H groups in total. The van der Waals surface area contributed by atoms with E-state index in [0.29, 0.717) is 54.2 Å². The molecule has 0 atom stereocenters. The second kappa shape index (κ2) is 8.93. The average Bonchev–Trinajstić information content (AvgIpc) is 3.07. The second-order valence-corrected chi connectivity index (χ2v) is 9.61. The van der Waals surface area contributed by atoms with Crippen molar-refractivity contribution in [1.82, 2.24) is 14.7 Å². The largest absolute Gasteiger partial charge is 0.496 e. The summed E-state index contributed by atoms with van der Waals surface area (Å²) in [5.41, 5.74) is 1.33. The molecule has 2 aromatic carbocycles. The number of carbonyl (C=O) groups is 4. The summed E-state index contributed by atoms with van der Waals surface area (Å²) < 4.78 is 5.42. The van der Waals surface area contributed by atoms with Crippen molar-refractivity contribution in [3.63, 3.8) is 0 Å². The summed E-state index contributed by atoms with van der Waals surface area (Å²) in [6, 6.07) is 11.8. The van der Waals surface area contributed by atoms with Gasteiger partial charge in [-0.1, -0.05) is 39.0 Å². The lowest BCUT2D eigenvalue weighted by Gasteiger charge is -2.37. The van der Waals surface area contributed by atoms with E-state index < -0.39 is 5.41 Å². The first kappa shape index (κ1) is 23.5. The van der Waals surface area contributed by atoms with Crippen LogP contribution in [0, 0.1) is 5.41 Å². The van der Waals surface area contributed by atoms with Gasteiger partial charge >= 0.3 is 0 Å². The molecule has 34 heavy (non-hydrogen) atoms. The number of fused-ring (bicyclic) bond motifs is 1. The fourth-order valence-electron chi connectivity index (χ4n) is 4.34. The molecule has 0 radical (unpaired) electrons. The lowest BCUT2D eigenvalue weighted by molar-refractivity contribution is -0.140. The first-order valence-corrected chi connectivity index (χ1v) is 11.3. The SMILES string of the molecule is COc1ccc(CN2C(=O)c3ccccc3C2=O)cc1C(=O)N1CCN(C(=O)C(C)(C)C)CC1. The van der Waals surface area contributed by atoms with Crippen LogP contribution in [0.3, 0.4) is 0 Å². The topological polar surface area (TPSA) is 87.2 Å². The molecule has 1 fully saturated rings. The summed E-state index contributed by atoms with van der Waals surface area (Å²) in [6.07, 6.45) is 0. The van der Waals surface area contributed by atoms with Gasteiger partial charge in [-0.3, -0.25) is 24.1 Å². The molecule has 8 nitrogen and oxygen atoms in total. The quantitative estimate of drug-likeness (QED) is 0.651. The highest BCUT2D eigenvalue weighted by molar-refractivity contribution is 6.21. The van der Waals surface area contributed by atoms with Crippen LogP contribution in [0.25, 0.3) is 0 Å². The van der Waals surface area contributed by atoms with E-state index in [2.05, 4.69) is 0 Å². The van der Waals surface area contributed by atoms with Crippen molar-refractivity contribution in [3.05, 3.63) is 64.7 Å². The van der Waals surface area contributed by atoms with Crippen LogP contribution in [-0.4, -0.2) is 71.6 Å². The zero-order valence-electron chi connectivity index (χ0n) is 20.0. The fraction of sp³-hybridized carbons (Fsp3) is 0.385. The Morgan fingerprint density at radius 3 is 1.97 bits per heavy atom. The van der Waals surface area contributed by atoms with Gasteiger partial charge in [0.15, 0.2) is 0 Å². The molecule has 0 bridgehead atoms. The van der Waals surface area contributed by atoms with Gasteiger partial charge in [0.05, 0.1) is 30.3 Å². The van der Waals surface area contributed by atoms with Gasteiger partial charge in [-0.05, 0) is 29.8 Å². The highest BCUT2D eigenvalue weighted by atomic mass is 16.5. The maximum absolute atomic E-state index is 13.3. The molecule has 2 heterocycles. The third-order valence-electron chi connectivity index (χ3n) is 6.21. The molecule has 0 saturated carbocycles. The number of ether oxygens (including phenoxy) is 1. The molecule has 4 amide bonds. The summed E-state index contributed by atoms with van der Waals surface area (Å²) in [4.78, 5) is 56.0. The standard InChI is InChI=1S/C26H29N3O5/c1-26(2,3)25(33)28-13-11-27(12-14-28)22(30)20-15-17(9-10-21(20)34-4)16-29-23(31)18-7-5-6-8-19(18)24(29)32/h5-10,15H,11-14,16H2,1-4H3. The number of hydrogen-bond donors (Lipinski definition) is 0. The van der Waals surface area contributed by atoms with Crippen LogP contribution < -0.4 is 4.74 Å². The number of carbonyl (C=O) groups excluding carboxylic acids is 4. The second-order valence-electron chi connectivity index (χ2n) is 9.61. The fourth-order valence-corrected chi connectivity index (χ4v) is 4.34. The van der Waals surface area contributed by atoms with Gasteiger partial charge in [0.2, 0.25) is 5.91 Å². The normalized spacial score (nSPS) is 16.1.